The number of ether oxygens (including phenoxy) is 5. The van der Waals surface area contributed by atoms with Gasteiger partial charge in [0, 0.05) is 76.7 Å². The van der Waals surface area contributed by atoms with Gasteiger partial charge in [0.05, 0.1) is 46.6 Å². The van der Waals surface area contributed by atoms with Crippen LogP contribution in [0.1, 0.15) is 121 Å². The Kier molecular flexibility index (Phi) is 22.7. The number of carbonyl (C=O) groups is 3. The first-order valence-electron chi connectivity index (χ1n) is 31.7. The second kappa shape index (κ2) is 29.4. The van der Waals surface area contributed by atoms with Gasteiger partial charge in [0.25, 0.3) is 11.8 Å². The molecule has 0 spiro atoms. The van der Waals surface area contributed by atoms with Crippen LogP contribution in [-0.4, -0.2) is 157 Å². The van der Waals surface area contributed by atoms with E-state index < -0.39 is 46.0 Å². The van der Waals surface area contributed by atoms with Crippen LogP contribution in [-0.2, 0) is 27.7 Å². The largest absolute Gasteiger partial charge is 0.444 e. The molecular weight excluding hydrogens is 1270 g/mol. The van der Waals surface area contributed by atoms with E-state index in [0.717, 1.165) is 43.5 Å². The van der Waals surface area contributed by atoms with Crippen molar-refractivity contribution in [2.75, 3.05) is 39.4 Å². The molecule has 2 aliphatic rings. The van der Waals surface area contributed by atoms with Crippen molar-refractivity contribution in [3.8, 4) is 34.3 Å². The van der Waals surface area contributed by atoms with Gasteiger partial charge in [0.1, 0.15) is 64.4 Å². The van der Waals surface area contributed by atoms with Crippen molar-refractivity contribution in [1.29, 1.82) is 0 Å². The Balaban J connectivity index is 0.000000241. The number of alkyl halides is 4. The molecule has 3 N–H and O–H groups in total. The maximum Gasteiger partial charge on any atom is 0.410 e. The number of likely N-dealkylation sites (tertiary alicyclic amines) is 1. The molecule has 0 radical (unpaired) electrons. The Bertz CT molecular complexity index is 3960. The van der Waals surface area contributed by atoms with Gasteiger partial charge in [-0.05, 0) is 150 Å². The molecule has 2 aliphatic heterocycles. The van der Waals surface area contributed by atoms with Gasteiger partial charge in [-0.15, -0.1) is 12.4 Å². The highest BCUT2D eigenvalue weighted by molar-refractivity contribution is 6.76. The van der Waals surface area contributed by atoms with Gasteiger partial charge in [-0.2, -0.15) is 27.8 Å². The predicted molar refractivity (Wildman–Crippen MR) is 363 cm³/mol. The molecule has 94 heavy (non-hydrogen) atoms. The third kappa shape index (κ3) is 18.8. The minimum absolute atomic E-state index is 0. The summed E-state index contributed by atoms with van der Waals surface area (Å²) < 4.78 is 87.2. The van der Waals surface area contributed by atoms with Crippen molar-refractivity contribution in [3.05, 3.63) is 72.3 Å². The first-order chi connectivity index (χ1) is 43.6. The number of nitrogens with one attached hydrogen (secondary N) is 3. The lowest BCUT2D eigenvalue weighted by molar-refractivity contribution is -0.0504. The molecule has 0 bridgehead atoms. The molecule has 0 aliphatic carbocycles. The van der Waals surface area contributed by atoms with Gasteiger partial charge in [-0.1, -0.05) is 39.3 Å². The molecule has 8 aromatic rings. The highest BCUT2D eigenvalue weighted by Gasteiger charge is 2.32. The van der Waals surface area contributed by atoms with E-state index in [-0.39, 0.29) is 67.4 Å². The summed E-state index contributed by atoms with van der Waals surface area (Å²) in [5, 5.41) is 20.5. The normalized spacial score (nSPS) is 14.8. The lowest BCUT2D eigenvalue weighted by atomic mass is 10.1. The zero-order valence-corrected chi connectivity index (χ0v) is 59.4. The third-order valence-corrected chi connectivity index (χ3v) is 18.9. The van der Waals surface area contributed by atoms with Crippen LogP contribution in [0.5, 0.6) is 11.5 Å². The molecule has 2 aromatic carbocycles. The average molecular weight is 1360 g/mol. The zero-order valence-electron chi connectivity index (χ0n) is 56.6. The Morgan fingerprint density at radius 3 is 1.39 bits per heavy atom. The Morgan fingerprint density at radius 2 is 1.02 bits per heavy atom. The minimum atomic E-state index is -3.00. The fourth-order valence-electron chi connectivity index (χ4n) is 11.0. The van der Waals surface area contributed by atoms with Gasteiger partial charge >= 0.3 is 19.3 Å². The lowest BCUT2D eigenvalue weighted by Crippen LogP contribution is -2.42. The van der Waals surface area contributed by atoms with Crippen molar-refractivity contribution in [2.24, 2.45) is 0 Å². The van der Waals surface area contributed by atoms with Crippen molar-refractivity contribution in [2.45, 2.75) is 195 Å². The van der Waals surface area contributed by atoms with Crippen LogP contribution in [0, 0.1) is 0 Å². The number of rotatable bonds is 20. The fraction of sp³-hybridized carbons (Fsp3) is 0.554. The van der Waals surface area contributed by atoms with E-state index in [9.17, 15) is 31.9 Å². The van der Waals surface area contributed by atoms with Crippen LogP contribution in [0.25, 0.3) is 66.9 Å². The third-order valence-electron chi connectivity index (χ3n) is 15.5. The molecule has 8 heterocycles. The first-order valence-corrected chi connectivity index (χ1v) is 39.1. The summed E-state index contributed by atoms with van der Waals surface area (Å²) in [6.45, 7) is 29.0. The topological polar surface area (TPSA) is 234 Å². The van der Waals surface area contributed by atoms with E-state index in [2.05, 4.69) is 55.2 Å². The number of benzene rings is 2. The number of fused-ring (bicyclic) bond motifs is 4. The smallest absolute Gasteiger partial charge is 0.410 e. The summed E-state index contributed by atoms with van der Waals surface area (Å²) in [7, 11) is -2.58. The average Bonchev–Trinajstić information content (AvgIpc) is 1.61. The second-order valence-electron chi connectivity index (χ2n) is 29.4. The maximum atomic E-state index is 13.5. The summed E-state index contributed by atoms with van der Waals surface area (Å²) in [5.41, 5.74) is 4.09. The fourth-order valence-corrected chi connectivity index (χ4v) is 12.5. The molecule has 2 fully saturated rings. The van der Waals surface area contributed by atoms with Crippen LogP contribution >= 0.6 is 12.4 Å². The number of carbonyl (C=O) groups excluding carboxylic acids is 3. The monoisotopic (exact) mass is 1360 g/mol. The Morgan fingerprint density at radius 1 is 0.617 bits per heavy atom. The number of hydrogen-bond acceptors (Lipinski definition) is 15. The van der Waals surface area contributed by atoms with E-state index in [1.54, 1.807) is 57.0 Å². The molecule has 10 rings (SSSR count). The number of aromatic nitrogens is 10. The van der Waals surface area contributed by atoms with Crippen molar-refractivity contribution >= 4 is 90.6 Å². The highest BCUT2D eigenvalue weighted by Crippen LogP contribution is 2.38. The van der Waals surface area contributed by atoms with Crippen molar-refractivity contribution < 1.29 is 55.6 Å². The summed E-state index contributed by atoms with van der Waals surface area (Å²) in [4.78, 5) is 60.7. The summed E-state index contributed by atoms with van der Waals surface area (Å²) in [6.07, 6.45) is 9.23. The molecule has 6 aromatic heterocycles. The quantitative estimate of drug-likeness (QED) is 0.0366. The van der Waals surface area contributed by atoms with E-state index in [1.807, 2.05) is 71.7 Å². The van der Waals surface area contributed by atoms with E-state index in [0.29, 0.717) is 112 Å². The summed E-state index contributed by atoms with van der Waals surface area (Å²) in [6, 6.07) is 11.6. The van der Waals surface area contributed by atoms with Gasteiger partial charge in [0.15, 0.2) is 11.3 Å². The SMILES string of the molecule is CC(C)(C)NC(=O)c1cn(COCC[Si](C)(C)C)c2ncc(-c3nn(C4CCN(C(=O)OC(C)(C)C)CC4)c4ccc(OC(F)F)cc34)nc12.CC(C)(C)NC(=O)c1cn(COCC[Si](C)(C)C)c2ncc(-c3nn(C4CCNCC4)c4ccc(OC(F)F)cc34)nc12.Cl. The van der Waals surface area contributed by atoms with Crippen molar-refractivity contribution in [1.82, 2.24) is 69.5 Å². The molecule has 3 amide bonds. The number of piperidine rings is 2. The van der Waals surface area contributed by atoms with Crippen LogP contribution in [0.15, 0.2) is 61.2 Å². The molecule has 512 valence electrons. The lowest BCUT2D eigenvalue weighted by Gasteiger charge is -2.33. The van der Waals surface area contributed by atoms with Gasteiger partial charge < -0.3 is 53.7 Å². The molecule has 0 saturated carbocycles. The van der Waals surface area contributed by atoms with Gasteiger partial charge in [0.2, 0.25) is 0 Å². The number of hydrogen-bond donors (Lipinski definition) is 3. The Labute approximate surface area is 554 Å². The molecular formula is C65H91ClF4N14O8Si2. The molecule has 22 nitrogen and oxygen atoms in total. The van der Waals surface area contributed by atoms with Crippen LogP contribution in [0.4, 0.5) is 22.4 Å². The number of halogens is 5. The zero-order chi connectivity index (χ0) is 67.5. The first kappa shape index (κ1) is 72.6. The van der Waals surface area contributed by atoms with Crippen molar-refractivity contribution in [3.63, 3.8) is 0 Å². The molecule has 0 unspecified atom stereocenters. The van der Waals surface area contributed by atoms with Gasteiger partial charge in [-0.25, -0.2) is 24.7 Å². The van der Waals surface area contributed by atoms with E-state index in [1.165, 1.54) is 18.2 Å². The van der Waals surface area contributed by atoms with E-state index in [4.69, 9.17) is 53.8 Å². The molecule has 2 saturated heterocycles. The minimum Gasteiger partial charge on any atom is -0.444 e. The molecule has 29 heteroatoms. The van der Waals surface area contributed by atoms with Crippen LogP contribution in [0.2, 0.25) is 51.4 Å². The summed E-state index contributed by atoms with van der Waals surface area (Å²) >= 11 is 0. The Hall–Kier alpha value is -7.25. The summed E-state index contributed by atoms with van der Waals surface area (Å²) in [5.74, 6) is -0.569. The maximum absolute atomic E-state index is 13.5. The van der Waals surface area contributed by atoms with Crippen LogP contribution < -0.4 is 25.4 Å². The second-order valence-corrected chi connectivity index (χ2v) is 40.6. The van der Waals surface area contributed by atoms with E-state index >= 15 is 0 Å². The predicted octanol–water partition coefficient (Wildman–Crippen LogP) is 13.7. The molecule has 0 atom stereocenters. The number of nitrogens with zero attached hydrogens (tertiary/aromatic N) is 11. The van der Waals surface area contributed by atoms with Crippen LogP contribution in [0.3, 0.4) is 0 Å². The number of amides is 3. The highest BCUT2D eigenvalue weighted by atomic mass is 35.5. The standard InChI is InChI=1S/C35H49F2N7O5Si.C30H41F2N7O3Si.ClH/c1-34(2,3)40-31(45)25-20-43(21-47-16-17-50(7,8)9)30-29(25)39-26(19-38-30)28-24-18-23(48-32(36)37)10-11-27(24)44(41-28)22-12-14-42(15-13-22)33(46)49-35(4,5)6;1-30(2,3)36-28(40)22-17-38(18-41-13-14-43(4,5)6)27-26(22)35-23(16-34-27)25-21-15-20(42-29(31)32)7-8-24(21)39(37-25)19-9-11-33-12-10-19;/h10-11,18-20,22,32H,12-17,21H2,1-9H3,(H,40,45);7-8,15-17,19,29,33H,9-14,18H2,1-6H3,(H,36,40);1H. The van der Waals surface area contributed by atoms with Gasteiger partial charge in [-0.3, -0.25) is 19.0 Å².